The predicted octanol–water partition coefficient (Wildman–Crippen LogP) is 4.07. The third-order valence-corrected chi connectivity index (χ3v) is 5.60. The van der Waals surface area contributed by atoms with E-state index in [-0.39, 0.29) is 0 Å². The Labute approximate surface area is 165 Å². The molecule has 2 aromatic heterocycles. The molecule has 6 nitrogen and oxygen atoms in total. The Kier molecular flexibility index (Phi) is 6.21. The lowest BCUT2D eigenvalue weighted by Crippen LogP contribution is -2.23. The second-order valence-corrected chi connectivity index (χ2v) is 7.19. The van der Waals surface area contributed by atoms with E-state index in [1.165, 1.54) is 5.56 Å². The number of thioether (sulfide) groups is 1. The normalized spacial score (nSPS) is 11.1. The fourth-order valence-corrected chi connectivity index (χ4v) is 3.86. The van der Waals surface area contributed by atoms with Crippen molar-refractivity contribution in [2.45, 2.75) is 38.1 Å². The van der Waals surface area contributed by atoms with E-state index in [1.54, 1.807) is 18.9 Å². The maximum absolute atomic E-state index is 5.23. The van der Waals surface area contributed by atoms with Crippen molar-refractivity contribution in [2.75, 3.05) is 25.1 Å². The molecular weight excluding hydrogens is 358 g/mol. The van der Waals surface area contributed by atoms with Crippen LogP contribution in [-0.2, 0) is 19.2 Å². The standard InChI is InChI=1S/C20H27N5OS/c1-6-16-21-17-18(24(16)4)22-20(23-19(17)25(7-2)8-3)27-13-14-9-11-15(26-5)12-10-14/h9-12H,6-8,13H2,1-5H3. The van der Waals surface area contributed by atoms with E-state index in [1.807, 2.05) is 19.2 Å². The number of rotatable bonds is 8. The molecule has 2 heterocycles. The van der Waals surface area contributed by atoms with Gasteiger partial charge < -0.3 is 14.2 Å². The van der Waals surface area contributed by atoms with Crippen LogP contribution < -0.4 is 9.64 Å². The van der Waals surface area contributed by atoms with E-state index in [9.17, 15) is 0 Å². The summed E-state index contributed by atoms with van der Waals surface area (Å²) in [7, 11) is 3.71. The van der Waals surface area contributed by atoms with Crippen LogP contribution in [0.25, 0.3) is 11.2 Å². The van der Waals surface area contributed by atoms with Gasteiger partial charge in [0.05, 0.1) is 7.11 Å². The Hall–Kier alpha value is -2.28. The third-order valence-electron chi connectivity index (χ3n) is 4.68. The van der Waals surface area contributed by atoms with Crippen LogP contribution in [0.1, 0.15) is 32.2 Å². The molecule has 144 valence electrons. The third kappa shape index (κ3) is 4.03. The predicted molar refractivity (Wildman–Crippen MR) is 112 cm³/mol. The summed E-state index contributed by atoms with van der Waals surface area (Å²) >= 11 is 1.65. The van der Waals surface area contributed by atoms with Crippen LogP contribution in [0.4, 0.5) is 5.82 Å². The smallest absolute Gasteiger partial charge is 0.191 e. The molecule has 27 heavy (non-hydrogen) atoms. The summed E-state index contributed by atoms with van der Waals surface area (Å²) in [5.74, 6) is 3.64. The Morgan fingerprint density at radius 2 is 1.74 bits per heavy atom. The van der Waals surface area contributed by atoms with Crippen molar-refractivity contribution >= 4 is 28.7 Å². The highest BCUT2D eigenvalue weighted by Crippen LogP contribution is 2.29. The number of nitrogens with zero attached hydrogens (tertiary/aromatic N) is 5. The summed E-state index contributed by atoms with van der Waals surface area (Å²) in [6, 6.07) is 8.12. The maximum Gasteiger partial charge on any atom is 0.191 e. The van der Waals surface area contributed by atoms with Crippen LogP contribution in [0.5, 0.6) is 5.75 Å². The minimum absolute atomic E-state index is 0.783. The molecule has 0 fully saturated rings. The molecule has 0 saturated heterocycles. The summed E-state index contributed by atoms with van der Waals surface area (Å²) in [6.07, 6.45) is 0.874. The van der Waals surface area contributed by atoms with E-state index < -0.39 is 0 Å². The van der Waals surface area contributed by atoms with E-state index in [4.69, 9.17) is 19.7 Å². The van der Waals surface area contributed by atoms with Crippen LogP contribution in [0.15, 0.2) is 29.4 Å². The monoisotopic (exact) mass is 385 g/mol. The average molecular weight is 386 g/mol. The molecule has 0 bridgehead atoms. The summed E-state index contributed by atoms with van der Waals surface area (Å²) < 4.78 is 7.31. The lowest BCUT2D eigenvalue weighted by atomic mass is 10.2. The van der Waals surface area contributed by atoms with Crippen LogP contribution in [0, 0.1) is 0 Å². The van der Waals surface area contributed by atoms with Crippen molar-refractivity contribution < 1.29 is 4.74 Å². The first-order chi connectivity index (χ1) is 13.1. The quantitative estimate of drug-likeness (QED) is 0.430. The van der Waals surface area contributed by atoms with Crippen molar-refractivity contribution in [3.63, 3.8) is 0 Å². The average Bonchev–Trinajstić information content (AvgIpc) is 3.03. The number of ether oxygens (including phenoxy) is 1. The van der Waals surface area contributed by atoms with E-state index in [2.05, 4.69) is 42.4 Å². The van der Waals surface area contributed by atoms with Gasteiger partial charge in [-0.15, -0.1) is 0 Å². The van der Waals surface area contributed by atoms with E-state index >= 15 is 0 Å². The zero-order valence-electron chi connectivity index (χ0n) is 16.7. The van der Waals surface area contributed by atoms with Crippen LogP contribution >= 0.6 is 11.8 Å². The van der Waals surface area contributed by atoms with Crippen LogP contribution in [-0.4, -0.2) is 39.7 Å². The highest BCUT2D eigenvalue weighted by Gasteiger charge is 2.18. The number of imidazole rings is 1. The summed E-state index contributed by atoms with van der Waals surface area (Å²) in [5, 5.41) is 0.783. The largest absolute Gasteiger partial charge is 0.497 e. The molecule has 1 aromatic carbocycles. The Bertz CT molecular complexity index is 903. The molecule has 0 aliphatic heterocycles. The SMILES string of the molecule is CCc1nc2c(N(CC)CC)nc(SCc3ccc(OC)cc3)nc2n1C. The number of hydrogen-bond acceptors (Lipinski definition) is 6. The number of anilines is 1. The van der Waals surface area contributed by atoms with Gasteiger partial charge in [-0.25, -0.2) is 15.0 Å². The van der Waals surface area contributed by atoms with Crippen molar-refractivity contribution in [3.05, 3.63) is 35.7 Å². The minimum atomic E-state index is 0.783. The lowest BCUT2D eigenvalue weighted by Gasteiger charge is -2.20. The first kappa shape index (κ1) is 19.5. The van der Waals surface area contributed by atoms with Gasteiger partial charge in [0.2, 0.25) is 0 Å². The van der Waals surface area contributed by atoms with Crippen molar-refractivity contribution in [2.24, 2.45) is 7.05 Å². The summed E-state index contributed by atoms with van der Waals surface area (Å²) in [5.41, 5.74) is 3.01. The van der Waals surface area contributed by atoms with Gasteiger partial charge in [0.15, 0.2) is 22.1 Å². The highest BCUT2D eigenvalue weighted by atomic mass is 32.2. The molecule has 0 aliphatic carbocycles. The van der Waals surface area contributed by atoms with Crippen LogP contribution in [0.3, 0.4) is 0 Å². The number of aryl methyl sites for hydroxylation is 2. The van der Waals surface area contributed by atoms with E-state index in [0.717, 1.165) is 59.0 Å². The van der Waals surface area contributed by atoms with Crippen LogP contribution in [0.2, 0.25) is 0 Å². The molecule has 0 aliphatic rings. The number of hydrogen-bond donors (Lipinski definition) is 0. The van der Waals surface area contributed by atoms with Gasteiger partial charge in [0.1, 0.15) is 11.6 Å². The van der Waals surface area contributed by atoms with Gasteiger partial charge in [-0.05, 0) is 31.5 Å². The zero-order chi connectivity index (χ0) is 19.4. The molecule has 0 spiro atoms. The van der Waals surface area contributed by atoms with Gasteiger partial charge >= 0.3 is 0 Å². The molecule has 3 aromatic rings. The molecule has 0 radical (unpaired) electrons. The van der Waals surface area contributed by atoms with Gasteiger partial charge in [-0.1, -0.05) is 30.8 Å². The van der Waals surface area contributed by atoms with E-state index in [0.29, 0.717) is 0 Å². The van der Waals surface area contributed by atoms with Gasteiger partial charge in [-0.3, -0.25) is 0 Å². The highest BCUT2D eigenvalue weighted by molar-refractivity contribution is 7.98. The molecule has 0 unspecified atom stereocenters. The second-order valence-electron chi connectivity index (χ2n) is 6.25. The molecular formula is C20H27N5OS. The maximum atomic E-state index is 5.23. The van der Waals surface area contributed by atoms with Crippen molar-refractivity contribution in [1.29, 1.82) is 0 Å². The molecule has 0 atom stereocenters. The minimum Gasteiger partial charge on any atom is -0.497 e. The summed E-state index contributed by atoms with van der Waals surface area (Å²) in [4.78, 5) is 16.7. The second kappa shape index (κ2) is 8.61. The molecule has 0 amide bonds. The topological polar surface area (TPSA) is 56.1 Å². The fourth-order valence-electron chi connectivity index (χ4n) is 3.07. The first-order valence-electron chi connectivity index (χ1n) is 9.35. The molecule has 0 N–H and O–H groups in total. The van der Waals surface area contributed by atoms with Crippen molar-refractivity contribution in [1.82, 2.24) is 19.5 Å². The molecule has 7 heteroatoms. The summed E-state index contributed by atoms with van der Waals surface area (Å²) in [6.45, 7) is 8.19. The van der Waals surface area contributed by atoms with Gasteiger partial charge in [-0.2, -0.15) is 0 Å². The Morgan fingerprint density at radius 3 is 2.33 bits per heavy atom. The van der Waals surface area contributed by atoms with Gasteiger partial charge in [0.25, 0.3) is 0 Å². The zero-order valence-corrected chi connectivity index (χ0v) is 17.5. The Balaban J connectivity index is 1.95. The molecule has 3 rings (SSSR count). The molecule has 0 saturated carbocycles. The fraction of sp³-hybridized carbons (Fsp3) is 0.450. The number of fused-ring (bicyclic) bond motifs is 1. The first-order valence-corrected chi connectivity index (χ1v) is 10.3. The lowest BCUT2D eigenvalue weighted by molar-refractivity contribution is 0.414. The number of methoxy groups -OCH3 is 1. The Morgan fingerprint density at radius 1 is 1.04 bits per heavy atom. The number of aromatic nitrogens is 4. The number of benzene rings is 1. The van der Waals surface area contributed by atoms with Gasteiger partial charge in [0, 0.05) is 32.3 Å². The van der Waals surface area contributed by atoms with Crippen molar-refractivity contribution in [3.8, 4) is 5.75 Å².